The molecule has 0 atom stereocenters. The lowest BCUT2D eigenvalue weighted by atomic mass is 9.95. The van der Waals surface area contributed by atoms with Crippen LogP contribution in [-0.2, 0) is 10.2 Å². The largest absolute Gasteiger partial charge is 0.323 e. The molecule has 0 aliphatic heterocycles. The van der Waals surface area contributed by atoms with Gasteiger partial charge in [0.25, 0.3) is 0 Å². The van der Waals surface area contributed by atoms with Gasteiger partial charge in [-0.1, -0.05) is 23.7 Å². The molecule has 2 aromatic carbocycles. The Hall–Kier alpha value is -1.94. The van der Waals surface area contributed by atoms with Crippen LogP contribution >= 0.6 is 11.6 Å². The number of carbonyl (C=O) groups is 1. The van der Waals surface area contributed by atoms with Crippen LogP contribution in [0.1, 0.15) is 18.4 Å². The molecule has 2 aromatic rings. The summed E-state index contributed by atoms with van der Waals surface area (Å²) < 4.78 is 26.8. The van der Waals surface area contributed by atoms with E-state index in [-0.39, 0.29) is 11.6 Å². The number of nitrogens with one attached hydrogen (secondary N) is 1. The van der Waals surface area contributed by atoms with Gasteiger partial charge in [-0.3, -0.25) is 4.79 Å². The molecule has 0 spiro atoms. The van der Waals surface area contributed by atoms with Crippen LogP contribution < -0.4 is 5.32 Å². The highest BCUT2D eigenvalue weighted by Gasteiger charge is 2.51. The molecule has 1 amide bonds. The first-order valence-electron chi connectivity index (χ1n) is 6.54. The summed E-state index contributed by atoms with van der Waals surface area (Å²) in [7, 11) is 0. The van der Waals surface area contributed by atoms with E-state index in [2.05, 4.69) is 5.32 Å². The van der Waals surface area contributed by atoms with Crippen molar-refractivity contribution in [1.29, 1.82) is 0 Å². The molecule has 0 aromatic heterocycles. The van der Waals surface area contributed by atoms with Gasteiger partial charge in [-0.05, 0) is 42.7 Å². The molecule has 1 aliphatic rings. The third-order valence-electron chi connectivity index (χ3n) is 3.74. The predicted octanol–water partition coefficient (Wildman–Crippen LogP) is 4.29. The molecular formula is C16H12ClF2NO. The van der Waals surface area contributed by atoms with Crippen LogP contribution in [0.15, 0.2) is 42.5 Å². The Bertz CT molecular complexity index is 713. The van der Waals surface area contributed by atoms with Crippen LogP contribution in [0.4, 0.5) is 14.5 Å². The van der Waals surface area contributed by atoms with Crippen molar-refractivity contribution < 1.29 is 13.6 Å². The third kappa shape index (κ3) is 2.63. The van der Waals surface area contributed by atoms with Gasteiger partial charge in [-0.2, -0.15) is 0 Å². The second-order valence-electron chi connectivity index (χ2n) is 5.17. The van der Waals surface area contributed by atoms with Crippen LogP contribution in [0.5, 0.6) is 0 Å². The zero-order chi connectivity index (χ0) is 15.0. The maximum atomic E-state index is 13.6. The van der Waals surface area contributed by atoms with E-state index >= 15 is 0 Å². The lowest BCUT2D eigenvalue weighted by Crippen LogP contribution is -2.28. The molecule has 0 unspecified atom stereocenters. The first kappa shape index (κ1) is 14.0. The smallest absolute Gasteiger partial charge is 0.235 e. The normalized spacial score (nSPS) is 15.6. The van der Waals surface area contributed by atoms with Crippen molar-refractivity contribution in [3.8, 4) is 0 Å². The van der Waals surface area contributed by atoms with Crippen molar-refractivity contribution in [3.63, 3.8) is 0 Å². The summed E-state index contributed by atoms with van der Waals surface area (Å²) in [6.07, 6.45) is 1.33. The van der Waals surface area contributed by atoms with Crippen molar-refractivity contribution >= 4 is 23.2 Å². The molecule has 3 rings (SSSR count). The second kappa shape index (κ2) is 5.11. The van der Waals surface area contributed by atoms with Crippen LogP contribution in [0.3, 0.4) is 0 Å². The van der Waals surface area contributed by atoms with Crippen molar-refractivity contribution in [2.45, 2.75) is 18.3 Å². The van der Waals surface area contributed by atoms with E-state index in [1.54, 1.807) is 18.2 Å². The molecule has 108 valence electrons. The van der Waals surface area contributed by atoms with Crippen LogP contribution in [-0.4, -0.2) is 5.91 Å². The highest BCUT2D eigenvalue weighted by molar-refractivity contribution is 6.30. The zero-order valence-electron chi connectivity index (χ0n) is 11.0. The monoisotopic (exact) mass is 307 g/mol. The summed E-state index contributed by atoms with van der Waals surface area (Å²) >= 11 is 5.95. The van der Waals surface area contributed by atoms with Crippen LogP contribution in [0.2, 0.25) is 5.02 Å². The van der Waals surface area contributed by atoms with Crippen LogP contribution in [0, 0.1) is 11.6 Å². The fourth-order valence-electron chi connectivity index (χ4n) is 2.39. The SMILES string of the molecule is O=C(Nc1cc(F)ccc1F)C1(c2cccc(Cl)c2)CC1. The van der Waals surface area contributed by atoms with E-state index in [4.69, 9.17) is 11.6 Å². The Morgan fingerprint density at radius 2 is 1.90 bits per heavy atom. The van der Waals surface area contributed by atoms with E-state index in [9.17, 15) is 13.6 Å². The number of anilines is 1. The van der Waals surface area contributed by atoms with Gasteiger partial charge in [0, 0.05) is 11.1 Å². The Balaban J connectivity index is 1.87. The van der Waals surface area contributed by atoms with Crippen molar-refractivity contribution in [1.82, 2.24) is 0 Å². The summed E-state index contributed by atoms with van der Waals surface area (Å²) in [6, 6.07) is 10.0. The topological polar surface area (TPSA) is 29.1 Å². The van der Waals surface area contributed by atoms with Gasteiger partial charge in [0.15, 0.2) is 0 Å². The number of benzene rings is 2. The van der Waals surface area contributed by atoms with E-state index in [0.717, 1.165) is 23.8 Å². The molecule has 0 bridgehead atoms. The molecule has 21 heavy (non-hydrogen) atoms. The van der Waals surface area contributed by atoms with Crippen molar-refractivity contribution in [3.05, 3.63) is 64.7 Å². The molecule has 1 fully saturated rings. The minimum absolute atomic E-state index is 0.145. The van der Waals surface area contributed by atoms with Gasteiger partial charge in [0.1, 0.15) is 11.6 Å². The van der Waals surface area contributed by atoms with Gasteiger partial charge in [0.2, 0.25) is 5.91 Å². The van der Waals surface area contributed by atoms with Gasteiger partial charge in [0.05, 0.1) is 11.1 Å². The lowest BCUT2D eigenvalue weighted by molar-refractivity contribution is -0.118. The Morgan fingerprint density at radius 1 is 1.14 bits per heavy atom. The molecule has 5 heteroatoms. The number of hydrogen-bond donors (Lipinski definition) is 1. The van der Waals surface area contributed by atoms with Crippen molar-refractivity contribution in [2.75, 3.05) is 5.32 Å². The molecule has 1 saturated carbocycles. The van der Waals surface area contributed by atoms with E-state index in [0.29, 0.717) is 17.9 Å². The number of halogens is 3. The van der Waals surface area contributed by atoms with Gasteiger partial charge < -0.3 is 5.32 Å². The fraction of sp³-hybridized carbons (Fsp3) is 0.188. The quantitative estimate of drug-likeness (QED) is 0.900. The minimum Gasteiger partial charge on any atom is -0.323 e. The van der Waals surface area contributed by atoms with Crippen molar-refractivity contribution in [2.24, 2.45) is 0 Å². The maximum Gasteiger partial charge on any atom is 0.235 e. The Kier molecular flexibility index (Phi) is 3.41. The van der Waals surface area contributed by atoms with E-state index in [1.165, 1.54) is 0 Å². The molecule has 2 nitrogen and oxygen atoms in total. The molecule has 1 N–H and O–H groups in total. The number of rotatable bonds is 3. The highest BCUT2D eigenvalue weighted by Crippen LogP contribution is 2.49. The molecule has 0 saturated heterocycles. The predicted molar refractivity (Wildman–Crippen MR) is 77.4 cm³/mol. The first-order valence-corrected chi connectivity index (χ1v) is 6.92. The van der Waals surface area contributed by atoms with Gasteiger partial charge >= 0.3 is 0 Å². The number of hydrogen-bond acceptors (Lipinski definition) is 1. The lowest BCUT2D eigenvalue weighted by Gasteiger charge is -2.16. The summed E-state index contributed by atoms with van der Waals surface area (Å²) in [5.74, 6) is -1.60. The van der Waals surface area contributed by atoms with Gasteiger partial charge in [-0.15, -0.1) is 0 Å². The molecule has 1 aliphatic carbocycles. The Morgan fingerprint density at radius 3 is 2.57 bits per heavy atom. The maximum absolute atomic E-state index is 13.6. The molecular weight excluding hydrogens is 296 g/mol. The number of amides is 1. The molecule has 0 heterocycles. The summed E-state index contributed by atoms with van der Waals surface area (Å²) in [4.78, 5) is 12.4. The third-order valence-corrected chi connectivity index (χ3v) is 3.97. The first-order chi connectivity index (χ1) is 10.0. The fourth-order valence-corrected chi connectivity index (χ4v) is 2.58. The van der Waals surface area contributed by atoms with E-state index in [1.807, 2.05) is 6.07 Å². The standard InChI is InChI=1S/C16H12ClF2NO/c17-11-3-1-2-10(8-11)16(6-7-16)15(21)20-14-9-12(18)4-5-13(14)19/h1-5,8-9H,6-7H2,(H,20,21). The average Bonchev–Trinajstić information content (AvgIpc) is 3.24. The summed E-state index contributed by atoms with van der Waals surface area (Å²) in [5, 5.41) is 3.02. The summed E-state index contributed by atoms with van der Waals surface area (Å²) in [6.45, 7) is 0. The van der Waals surface area contributed by atoms with Gasteiger partial charge in [-0.25, -0.2) is 8.78 Å². The average molecular weight is 308 g/mol. The highest BCUT2D eigenvalue weighted by atomic mass is 35.5. The Labute approximate surface area is 125 Å². The second-order valence-corrected chi connectivity index (χ2v) is 5.61. The molecule has 0 radical (unpaired) electrons. The van der Waals surface area contributed by atoms with Crippen LogP contribution in [0.25, 0.3) is 0 Å². The van der Waals surface area contributed by atoms with E-state index < -0.39 is 17.0 Å². The zero-order valence-corrected chi connectivity index (χ0v) is 11.8. The summed E-state index contributed by atoms with van der Waals surface area (Å²) in [5.41, 5.74) is -0.0402. The minimum atomic E-state index is -0.691. The number of carbonyl (C=O) groups excluding carboxylic acids is 1.